The molecule has 0 spiro atoms. The van der Waals surface area contributed by atoms with Crippen LogP contribution >= 0.6 is 22.9 Å². The summed E-state index contributed by atoms with van der Waals surface area (Å²) in [6, 6.07) is 14.5. The number of methoxy groups -OCH3 is 1. The molecule has 12 heteroatoms. The average Bonchev–Trinajstić information content (AvgIpc) is 3.27. The second kappa shape index (κ2) is 12.7. The van der Waals surface area contributed by atoms with Gasteiger partial charge < -0.3 is 35.2 Å². The lowest BCUT2D eigenvalue weighted by Gasteiger charge is -2.32. The number of likely N-dealkylation sites (tertiary alicyclic amines) is 1. The minimum atomic E-state index is -1.24. The number of nitrogens with zero attached hydrogens (tertiary/aromatic N) is 1. The van der Waals surface area contributed by atoms with E-state index < -0.39 is 18.5 Å². The Morgan fingerprint density at radius 1 is 1.10 bits per heavy atom. The number of hydrogen-bond acceptors (Lipinski definition) is 7. The van der Waals surface area contributed by atoms with Crippen molar-refractivity contribution in [2.24, 2.45) is 5.92 Å². The Bertz CT molecular complexity index is 1350. The number of nitrogens with one attached hydrogen (secondary N) is 2. The number of aliphatic carboxylic acids is 1. The molecule has 4 N–H and O–H groups in total. The molecule has 2 aromatic carbocycles. The van der Waals surface area contributed by atoms with Crippen LogP contribution in [0, 0.1) is 5.92 Å². The van der Waals surface area contributed by atoms with Gasteiger partial charge in [-0.15, -0.1) is 11.3 Å². The summed E-state index contributed by atoms with van der Waals surface area (Å²) >= 11 is 7.35. The Labute approximate surface area is 234 Å². The van der Waals surface area contributed by atoms with Gasteiger partial charge in [0.1, 0.15) is 10.8 Å². The average molecular weight is 574 g/mol. The maximum Gasteiger partial charge on any atom is 0.349 e. The molecule has 1 aromatic heterocycles. The van der Waals surface area contributed by atoms with Gasteiger partial charge in [0, 0.05) is 25.3 Å². The number of carboxylic acid groups (broad SMARTS) is 2. The lowest BCUT2D eigenvalue weighted by atomic mass is 9.97. The highest BCUT2D eigenvalue weighted by molar-refractivity contribution is 7.18. The Morgan fingerprint density at radius 3 is 2.54 bits per heavy atom. The van der Waals surface area contributed by atoms with E-state index in [2.05, 4.69) is 10.6 Å². The van der Waals surface area contributed by atoms with E-state index in [-0.39, 0.29) is 21.7 Å². The van der Waals surface area contributed by atoms with Gasteiger partial charge in [-0.1, -0.05) is 35.9 Å². The quantitative estimate of drug-likeness (QED) is 0.246. The van der Waals surface area contributed by atoms with Gasteiger partial charge in [0.15, 0.2) is 17.2 Å². The van der Waals surface area contributed by atoms with Gasteiger partial charge in [-0.3, -0.25) is 0 Å². The van der Waals surface area contributed by atoms with Crippen molar-refractivity contribution in [1.82, 2.24) is 4.90 Å². The van der Waals surface area contributed by atoms with Crippen molar-refractivity contribution < 1.29 is 34.1 Å². The first-order chi connectivity index (χ1) is 18.8. The molecule has 2 heterocycles. The van der Waals surface area contributed by atoms with E-state index in [0.29, 0.717) is 47.4 Å². The number of urea groups is 1. The molecular weight excluding hydrogens is 546 g/mol. The van der Waals surface area contributed by atoms with Crippen molar-refractivity contribution in [2.45, 2.75) is 12.8 Å². The second-order valence-electron chi connectivity index (χ2n) is 8.91. The number of anilines is 2. The van der Waals surface area contributed by atoms with Crippen molar-refractivity contribution in [3.05, 3.63) is 58.4 Å². The zero-order chi connectivity index (χ0) is 27.9. The number of amides is 2. The third-order valence-corrected chi connectivity index (χ3v) is 7.99. The van der Waals surface area contributed by atoms with Gasteiger partial charge >= 0.3 is 18.0 Å². The van der Waals surface area contributed by atoms with Crippen LogP contribution in [0.25, 0.3) is 10.4 Å². The fourth-order valence-electron chi connectivity index (χ4n) is 4.30. The second-order valence-corrected chi connectivity index (χ2v) is 10.3. The van der Waals surface area contributed by atoms with Gasteiger partial charge in [0.25, 0.3) is 0 Å². The molecule has 4 rings (SSSR count). The number of halogens is 1. The van der Waals surface area contributed by atoms with Crippen molar-refractivity contribution >= 4 is 52.3 Å². The zero-order valence-electron chi connectivity index (χ0n) is 21.1. The smallest absolute Gasteiger partial charge is 0.349 e. The number of thiophene rings is 1. The molecular formula is C27H28ClN3O7S. The van der Waals surface area contributed by atoms with Crippen LogP contribution in [0.3, 0.4) is 0 Å². The number of rotatable bonds is 10. The summed E-state index contributed by atoms with van der Waals surface area (Å²) in [7, 11) is 1.57. The SMILES string of the molecule is COc1ccccc1NC(=O)N1CCC(CNc2cccc(-c3sc(C(=O)O)c(OCC(=O)O)c3Cl)c2)CC1. The summed E-state index contributed by atoms with van der Waals surface area (Å²) in [5, 5.41) is 24.8. The van der Waals surface area contributed by atoms with Crippen molar-refractivity contribution in [3.63, 3.8) is 0 Å². The molecule has 0 bridgehead atoms. The largest absolute Gasteiger partial charge is 0.495 e. The van der Waals surface area contributed by atoms with E-state index in [0.717, 1.165) is 29.9 Å². The third kappa shape index (κ3) is 6.92. The highest BCUT2D eigenvalue weighted by Crippen LogP contribution is 2.46. The molecule has 1 aliphatic heterocycles. The van der Waals surface area contributed by atoms with Crippen LogP contribution in [0.1, 0.15) is 22.5 Å². The first kappa shape index (κ1) is 28.1. The predicted molar refractivity (Wildman–Crippen MR) is 150 cm³/mol. The van der Waals surface area contributed by atoms with Crippen LogP contribution in [-0.2, 0) is 4.79 Å². The summed E-state index contributed by atoms with van der Waals surface area (Å²) in [5.74, 6) is -1.65. The fourth-order valence-corrected chi connectivity index (χ4v) is 5.70. The zero-order valence-corrected chi connectivity index (χ0v) is 22.7. The van der Waals surface area contributed by atoms with Crippen molar-refractivity contribution in [1.29, 1.82) is 0 Å². The van der Waals surface area contributed by atoms with Crippen LogP contribution in [0.4, 0.5) is 16.2 Å². The van der Waals surface area contributed by atoms with Gasteiger partial charge in [0.2, 0.25) is 0 Å². The maximum absolute atomic E-state index is 12.7. The van der Waals surface area contributed by atoms with Gasteiger partial charge in [-0.25, -0.2) is 14.4 Å². The number of hydrogen-bond donors (Lipinski definition) is 4. The molecule has 1 fully saturated rings. The Hall–Kier alpha value is -3.96. The molecule has 1 aliphatic rings. The first-order valence-electron chi connectivity index (χ1n) is 12.2. The minimum Gasteiger partial charge on any atom is -0.495 e. The predicted octanol–water partition coefficient (Wildman–Crippen LogP) is 5.59. The fraction of sp³-hybridized carbons (Fsp3) is 0.296. The standard InChI is InChI=1S/C27H28ClN3O7S/c1-37-20-8-3-2-7-19(20)30-27(36)31-11-9-16(10-12-31)14-29-18-6-4-5-17(13-18)24-22(28)23(38-15-21(32)33)25(39-24)26(34)35/h2-8,13,16,29H,9-12,14-15H2,1H3,(H,30,36)(H,32,33)(H,34,35). The number of carbonyl (C=O) groups is 3. The van der Waals surface area contributed by atoms with Gasteiger partial charge in [0.05, 0.1) is 17.7 Å². The summed E-state index contributed by atoms with van der Waals surface area (Å²) in [6.45, 7) is 1.28. The van der Waals surface area contributed by atoms with Crippen LogP contribution in [0.2, 0.25) is 5.02 Å². The topological polar surface area (TPSA) is 137 Å². The van der Waals surface area contributed by atoms with Crippen LogP contribution in [0.5, 0.6) is 11.5 Å². The number of piperidine rings is 1. The molecule has 0 radical (unpaired) electrons. The molecule has 1 saturated heterocycles. The summed E-state index contributed by atoms with van der Waals surface area (Å²) in [6.07, 6.45) is 1.68. The first-order valence-corrected chi connectivity index (χ1v) is 13.4. The molecule has 39 heavy (non-hydrogen) atoms. The molecule has 3 aromatic rings. The normalized spacial score (nSPS) is 13.5. The molecule has 10 nitrogen and oxygen atoms in total. The molecule has 0 unspecified atom stereocenters. The minimum absolute atomic E-state index is 0.0644. The van der Waals surface area contributed by atoms with E-state index in [4.69, 9.17) is 26.2 Å². The summed E-state index contributed by atoms with van der Waals surface area (Å²) in [4.78, 5) is 37.4. The monoisotopic (exact) mass is 573 g/mol. The number of carbonyl (C=O) groups excluding carboxylic acids is 1. The van der Waals surface area contributed by atoms with E-state index in [9.17, 15) is 19.5 Å². The molecule has 0 saturated carbocycles. The number of benzene rings is 2. The lowest BCUT2D eigenvalue weighted by Crippen LogP contribution is -2.42. The highest BCUT2D eigenvalue weighted by atomic mass is 35.5. The Balaban J connectivity index is 1.34. The summed E-state index contributed by atoms with van der Waals surface area (Å²) in [5.41, 5.74) is 2.15. The Morgan fingerprint density at radius 2 is 1.85 bits per heavy atom. The van der Waals surface area contributed by atoms with E-state index >= 15 is 0 Å². The Kier molecular flexibility index (Phi) is 9.15. The summed E-state index contributed by atoms with van der Waals surface area (Å²) < 4.78 is 10.5. The molecule has 0 aliphatic carbocycles. The maximum atomic E-state index is 12.7. The van der Waals surface area contributed by atoms with E-state index in [1.807, 2.05) is 30.3 Å². The lowest BCUT2D eigenvalue weighted by molar-refractivity contribution is -0.139. The number of ether oxygens (including phenoxy) is 2. The third-order valence-electron chi connectivity index (χ3n) is 6.31. The van der Waals surface area contributed by atoms with Gasteiger partial charge in [-0.2, -0.15) is 0 Å². The van der Waals surface area contributed by atoms with Crippen LogP contribution in [-0.4, -0.2) is 66.4 Å². The van der Waals surface area contributed by atoms with Gasteiger partial charge in [-0.05, 0) is 48.6 Å². The number of carboxylic acids is 2. The van der Waals surface area contributed by atoms with Crippen molar-refractivity contribution in [3.8, 4) is 21.9 Å². The molecule has 0 atom stereocenters. The van der Waals surface area contributed by atoms with E-state index in [1.54, 1.807) is 30.2 Å². The molecule has 2 amide bonds. The number of para-hydroxylation sites is 2. The number of aromatic carboxylic acids is 1. The van der Waals surface area contributed by atoms with Crippen LogP contribution < -0.4 is 20.1 Å². The van der Waals surface area contributed by atoms with Crippen LogP contribution in [0.15, 0.2) is 48.5 Å². The van der Waals surface area contributed by atoms with Crippen molar-refractivity contribution in [2.75, 3.05) is 44.0 Å². The van der Waals surface area contributed by atoms with E-state index in [1.165, 1.54) is 0 Å². The highest BCUT2D eigenvalue weighted by Gasteiger charge is 2.26. The molecule has 206 valence electrons.